The molecule has 2 rings (SSSR count). The van der Waals surface area contributed by atoms with Crippen LogP contribution in [0.3, 0.4) is 0 Å². The van der Waals surface area contributed by atoms with Crippen molar-refractivity contribution in [1.82, 2.24) is 4.98 Å². The molecule has 2 heterocycles. The molecule has 0 bridgehead atoms. The molecule has 0 aliphatic carbocycles. The van der Waals surface area contributed by atoms with E-state index in [0.29, 0.717) is 19.4 Å². The Morgan fingerprint density at radius 2 is 2.50 bits per heavy atom. The molecule has 1 aromatic rings. The number of nitrogens with zero attached hydrogens (tertiary/aromatic N) is 2. The summed E-state index contributed by atoms with van der Waals surface area (Å²) in [6.07, 6.45) is 4.87. The quantitative estimate of drug-likeness (QED) is 0.545. The van der Waals surface area contributed by atoms with Crippen molar-refractivity contribution < 1.29 is 9.94 Å². The van der Waals surface area contributed by atoms with Crippen LogP contribution in [0.25, 0.3) is 0 Å². The lowest BCUT2D eigenvalue weighted by Crippen LogP contribution is -2.19. The second-order valence-corrected chi connectivity index (χ2v) is 3.27. The lowest BCUT2D eigenvalue weighted by molar-refractivity contribution is 0.0479. The Kier molecular flexibility index (Phi) is 2.74. The molecular weight excluding hydrogens is 180 g/mol. The van der Waals surface area contributed by atoms with Gasteiger partial charge in [-0.05, 0) is 11.6 Å². The van der Waals surface area contributed by atoms with E-state index in [9.17, 15) is 0 Å². The van der Waals surface area contributed by atoms with E-state index in [1.165, 1.54) is 0 Å². The summed E-state index contributed by atoms with van der Waals surface area (Å²) in [6, 6.07) is 3.85. The minimum absolute atomic E-state index is 0.0108. The van der Waals surface area contributed by atoms with Crippen LogP contribution in [0, 0.1) is 0 Å². The van der Waals surface area contributed by atoms with E-state index in [1.54, 1.807) is 12.4 Å². The number of pyridine rings is 1. The van der Waals surface area contributed by atoms with Gasteiger partial charge in [-0.3, -0.25) is 4.98 Å². The van der Waals surface area contributed by atoms with E-state index in [-0.39, 0.29) is 6.10 Å². The van der Waals surface area contributed by atoms with Gasteiger partial charge < -0.3 is 9.94 Å². The van der Waals surface area contributed by atoms with Gasteiger partial charge in [0.1, 0.15) is 0 Å². The SMILES string of the molecule is O/N=C1\CCOC(c2cccnc2)C1. The van der Waals surface area contributed by atoms with Gasteiger partial charge >= 0.3 is 0 Å². The molecule has 1 fully saturated rings. The molecule has 4 heteroatoms. The van der Waals surface area contributed by atoms with Gasteiger partial charge in [0.15, 0.2) is 0 Å². The Labute approximate surface area is 82.2 Å². The van der Waals surface area contributed by atoms with E-state index in [2.05, 4.69) is 10.1 Å². The zero-order valence-electron chi connectivity index (χ0n) is 7.76. The van der Waals surface area contributed by atoms with Crippen LogP contribution in [0.15, 0.2) is 29.7 Å². The van der Waals surface area contributed by atoms with Crippen LogP contribution < -0.4 is 0 Å². The normalized spacial score (nSPS) is 25.1. The number of oxime groups is 1. The Balaban J connectivity index is 2.12. The lowest BCUT2D eigenvalue weighted by Gasteiger charge is -2.23. The zero-order valence-corrected chi connectivity index (χ0v) is 7.76. The molecule has 1 aliphatic heterocycles. The monoisotopic (exact) mass is 192 g/mol. The molecule has 1 atom stereocenters. The molecule has 0 spiro atoms. The summed E-state index contributed by atoms with van der Waals surface area (Å²) in [5, 5.41) is 11.9. The molecule has 0 saturated carbocycles. The first-order valence-corrected chi connectivity index (χ1v) is 4.61. The second kappa shape index (κ2) is 4.19. The summed E-state index contributed by atoms with van der Waals surface area (Å²) in [5.74, 6) is 0. The van der Waals surface area contributed by atoms with Crippen molar-refractivity contribution in [2.75, 3.05) is 6.61 Å². The molecule has 74 valence electrons. The highest BCUT2D eigenvalue weighted by Gasteiger charge is 2.20. The first kappa shape index (κ1) is 9.15. The van der Waals surface area contributed by atoms with Crippen LogP contribution in [0.4, 0.5) is 0 Å². The summed E-state index contributed by atoms with van der Waals surface area (Å²) in [7, 11) is 0. The Bertz CT molecular complexity index is 324. The molecule has 1 unspecified atom stereocenters. The van der Waals surface area contributed by atoms with Crippen molar-refractivity contribution in [2.24, 2.45) is 5.16 Å². The number of aromatic nitrogens is 1. The molecule has 4 nitrogen and oxygen atoms in total. The van der Waals surface area contributed by atoms with Crippen LogP contribution in [0.5, 0.6) is 0 Å². The molecule has 0 radical (unpaired) electrons. The average Bonchev–Trinajstić information content (AvgIpc) is 2.30. The van der Waals surface area contributed by atoms with E-state index >= 15 is 0 Å². The van der Waals surface area contributed by atoms with Crippen molar-refractivity contribution in [3.8, 4) is 0 Å². The van der Waals surface area contributed by atoms with Crippen LogP contribution in [0.1, 0.15) is 24.5 Å². The Morgan fingerprint density at radius 1 is 1.57 bits per heavy atom. The van der Waals surface area contributed by atoms with Gasteiger partial charge in [0.2, 0.25) is 0 Å². The number of hydrogen-bond donors (Lipinski definition) is 1. The first-order valence-electron chi connectivity index (χ1n) is 4.61. The van der Waals surface area contributed by atoms with Crippen molar-refractivity contribution in [1.29, 1.82) is 0 Å². The Morgan fingerprint density at radius 3 is 3.21 bits per heavy atom. The maximum absolute atomic E-state index is 8.67. The lowest BCUT2D eigenvalue weighted by atomic mass is 10.0. The molecular formula is C10H12N2O2. The Hall–Kier alpha value is -1.42. The predicted octanol–water partition coefficient (Wildman–Crippen LogP) is 1.76. The summed E-state index contributed by atoms with van der Waals surface area (Å²) < 4.78 is 5.56. The van der Waals surface area contributed by atoms with Crippen molar-refractivity contribution in [3.63, 3.8) is 0 Å². The fraction of sp³-hybridized carbons (Fsp3) is 0.400. The van der Waals surface area contributed by atoms with Crippen molar-refractivity contribution in [2.45, 2.75) is 18.9 Å². The fourth-order valence-corrected chi connectivity index (χ4v) is 1.57. The molecule has 14 heavy (non-hydrogen) atoms. The molecule has 1 saturated heterocycles. The molecule has 1 N–H and O–H groups in total. The number of ether oxygens (including phenoxy) is 1. The average molecular weight is 192 g/mol. The van der Waals surface area contributed by atoms with Gasteiger partial charge in [0, 0.05) is 25.2 Å². The topological polar surface area (TPSA) is 54.7 Å². The van der Waals surface area contributed by atoms with Gasteiger partial charge in [0.05, 0.1) is 18.4 Å². The van der Waals surface area contributed by atoms with E-state index in [1.807, 2.05) is 12.1 Å². The number of hydrogen-bond acceptors (Lipinski definition) is 4. The van der Waals surface area contributed by atoms with Gasteiger partial charge in [-0.15, -0.1) is 0 Å². The first-order chi connectivity index (χ1) is 6.90. The second-order valence-electron chi connectivity index (χ2n) is 3.27. The summed E-state index contributed by atoms with van der Waals surface area (Å²) >= 11 is 0. The van der Waals surface area contributed by atoms with Gasteiger partial charge in [-0.1, -0.05) is 11.2 Å². The summed E-state index contributed by atoms with van der Waals surface area (Å²) in [4.78, 5) is 4.03. The standard InChI is InChI=1S/C10H12N2O2/c13-12-9-3-5-14-10(6-9)8-2-1-4-11-7-8/h1-2,4,7,10,13H,3,5-6H2/b12-9+. The maximum atomic E-state index is 8.67. The summed E-state index contributed by atoms with van der Waals surface area (Å²) in [6.45, 7) is 0.610. The van der Waals surface area contributed by atoms with Gasteiger partial charge in [0.25, 0.3) is 0 Å². The third-order valence-corrected chi connectivity index (χ3v) is 2.33. The molecule has 1 aromatic heterocycles. The van der Waals surface area contributed by atoms with E-state index in [4.69, 9.17) is 9.94 Å². The minimum Gasteiger partial charge on any atom is -0.411 e. The van der Waals surface area contributed by atoms with Crippen molar-refractivity contribution in [3.05, 3.63) is 30.1 Å². The maximum Gasteiger partial charge on any atom is 0.0893 e. The highest BCUT2D eigenvalue weighted by Crippen LogP contribution is 2.25. The van der Waals surface area contributed by atoms with Gasteiger partial charge in [-0.2, -0.15) is 0 Å². The van der Waals surface area contributed by atoms with Crippen LogP contribution in [-0.4, -0.2) is 22.5 Å². The third-order valence-electron chi connectivity index (χ3n) is 2.33. The zero-order chi connectivity index (χ0) is 9.80. The predicted molar refractivity (Wildman–Crippen MR) is 51.4 cm³/mol. The fourth-order valence-electron chi connectivity index (χ4n) is 1.57. The van der Waals surface area contributed by atoms with E-state index in [0.717, 1.165) is 11.3 Å². The van der Waals surface area contributed by atoms with Crippen molar-refractivity contribution >= 4 is 5.71 Å². The summed E-state index contributed by atoms with van der Waals surface area (Å²) in [5.41, 5.74) is 1.83. The molecule has 1 aliphatic rings. The van der Waals surface area contributed by atoms with Crippen LogP contribution >= 0.6 is 0 Å². The van der Waals surface area contributed by atoms with Crippen LogP contribution in [-0.2, 0) is 4.74 Å². The highest BCUT2D eigenvalue weighted by atomic mass is 16.5. The van der Waals surface area contributed by atoms with E-state index < -0.39 is 0 Å². The smallest absolute Gasteiger partial charge is 0.0893 e. The molecule has 0 aromatic carbocycles. The third kappa shape index (κ3) is 1.90. The number of rotatable bonds is 1. The highest BCUT2D eigenvalue weighted by molar-refractivity contribution is 5.85. The molecule has 0 amide bonds. The van der Waals surface area contributed by atoms with Gasteiger partial charge in [-0.25, -0.2) is 0 Å². The minimum atomic E-state index is -0.0108. The van der Waals surface area contributed by atoms with Crippen LogP contribution in [0.2, 0.25) is 0 Å². The largest absolute Gasteiger partial charge is 0.411 e.